The molecule has 0 spiro atoms. The zero-order valence-corrected chi connectivity index (χ0v) is 15.6. The molecule has 0 unspecified atom stereocenters. The predicted octanol–water partition coefficient (Wildman–Crippen LogP) is 4.34. The van der Waals surface area contributed by atoms with Crippen LogP contribution >= 0.6 is 0 Å². The monoisotopic (exact) mass is 346 g/mol. The maximum Gasteiger partial charge on any atom is 0.222 e. The molecule has 3 aromatic rings. The summed E-state index contributed by atoms with van der Waals surface area (Å²) in [7, 11) is 0. The molecule has 4 rings (SSSR count). The summed E-state index contributed by atoms with van der Waals surface area (Å²) in [5.74, 6) is 0.274. The van der Waals surface area contributed by atoms with Crippen LogP contribution < -0.4 is 0 Å². The molecule has 3 heteroatoms. The van der Waals surface area contributed by atoms with E-state index in [2.05, 4.69) is 61.3 Å². The van der Waals surface area contributed by atoms with Gasteiger partial charge in [-0.2, -0.15) is 0 Å². The van der Waals surface area contributed by atoms with Gasteiger partial charge in [-0.15, -0.1) is 0 Å². The first-order valence-corrected chi connectivity index (χ1v) is 9.53. The summed E-state index contributed by atoms with van der Waals surface area (Å²) in [4.78, 5) is 18.3. The minimum atomic E-state index is 0.274. The molecule has 1 aromatic heterocycles. The van der Waals surface area contributed by atoms with Gasteiger partial charge in [-0.3, -0.25) is 4.79 Å². The summed E-state index contributed by atoms with van der Waals surface area (Å²) in [6.45, 7) is 5.86. The molecule has 1 amide bonds. The number of aromatic amines is 1. The second-order valence-corrected chi connectivity index (χ2v) is 7.50. The van der Waals surface area contributed by atoms with Gasteiger partial charge in [0.1, 0.15) is 0 Å². The molecule has 2 aromatic carbocycles. The number of fused-ring (bicyclic) bond motifs is 3. The average Bonchev–Trinajstić information content (AvgIpc) is 2.84. The van der Waals surface area contributed by atoms with Crippen LogP contribution in [0.5, 0.6) is 0 Å². The van der Waals surface area contributed by atoms with Gasteiger partial charge in [-0.05, 0) is 49.9 Å². The summed E-state index contributed by atoms with van der Waals surface area (Å²) in [6.07, 6.45) is 3.27. The van der Waals surface area contributed by atoms with Crippen molar-refractivity contribution in [1.82, 2.24) is 9.88 Å². The summed E-state index contributed by atoms with van der Waals surface area (Å²) in [6, 6.07) is 15.1. The molecule has 2 heterocycles. The SMILES string of the molecule is Cc1ccc(CCC(=O)N2CCc3[nH]c4ccc(C)cc4c3CC2)cc1. The van der Waals surface area contributed by atoms with Crippen LogP contribution in [-0.4, -0.2) is 28.9 Å². The first-order valence-electron chi connectivity index (χ1n) is 9.53. The van der Waals surface area contributed by atoms with Crippen LogP contribution in [0, 0.1) is 13.8 Å². The Kier molecular flexibility index (Phi) is 4.54. The molecule has 0 radical (unpaired) electrons. The van der Waals surface area contributed by atoms with Gasteiger partial charge in [0.05, 0.1) is 0 Å². The molecule has 0 aliphatic carbocycles. The molecule has 3 nitrogen and oxygen atoms in total. The lowest BCUT2D eigenvalue weighted by Gasteiger charge is -2.20. The highest BCUT2D eigenvalue weighted by molar-refractivity contribution is 5.86. The largest absolute Gasteiger partial charge is 0.358 e. The van der Waals surface area contributed by atoms with E-state index in [1.807, 2.05) is 4.90 Å². The van der Waals surface area contributed by atoms with Crippen molar-refractivity contribution in [2.24, 2.45) is 0 Å². The highest BCUT2D eigenvalue weighted by Gasteiger charge is 2.21. The maximum absolute atomic E-state index is 12.7. The quantitative estimate of drug-likeness (QED) is 0.752. The Bertz CT molecular complexity index is 937. The molecule has 134 valence electrons. The lowest BCUT2D eigenvalue weighted by atomic mass is 10.1. The van der Waals surface area contributed by atoms with Crippen molar-refractivity contribution in [2.75, 3.05) is 13.1 Å². The average molecular weight is 346 g/mol. The van der Waals surface area contributed by atoms with Gasteiger partial charge in [0, 0.05) is 42.5 Å². The number of aryl methyl sites for hydroxylation is 3. The normalized spacial score (nSPS) is 14.3. The van der Waals surface area contributed by atoms with Crippen molar-refractivity contribution >= 4 is 16.8 Å². The first-order chi connectivity index (χ1) is 12.6. The minimum absolute atomic E-state index is 0.274. The Labute approximate surface area is 155 Å². The van der Waals surface area contributed by atoms with E-state index in [-0.39, 0.29) is 5.91 Å². The van der Waals surface area contributed by atoms with Crippen LogP contribution in [0.1, 0.15) is 34.4 Å². The van der Waals surface area contributed by atoms with Crippen molar-refractivity contribution in [2.45, 2.75) is 39.5 Å². The standard InChI is InChI=1S/C23H26N2O/c1-16-3-6-18(7-4-16)8-10-23(26)25-13-11-19-20-15-17(2)5-9-21(20)24-22(19)12-14-25/h3-7,9,15,24H,8,10-14H2,1-2H3. The second-order valence-electron chi connectivity index (χ2n) is 7.50. The van der Waals surface area contributed by atoms with Gasteiger partial charge in [0.2, 0.25) is 5.91 Å². The third-order valence-corrected chi connectivity index (χ3v) is 5.51. The van der Waals surface area contributed by atoms with Gasteiger partial charge in [-0.25, -0.2) is 0 Å². The number of hydrogen-bond acceptors (Lipinski definition) is 1. The van der Waals surface area contributed by atoms with E-state index < -0.39 is 0 Å². The number of carbonyl (C=O) groups excluding carboxylic acids is 1. The van der Waals surface area contributed by atoms with Gasteiger partial charge in [0.25, 0.3) is 0 Å². The van der Waals surface area contributed by atoms with E-state index in [1.54, 1.807) is 0 Å². The number of aromatic nitrogens is 1. The Morgan fingerprint density at radius 3 is 2.54 bits per heavy atom. The molecule has 26 heavy (non-hydrogen) atoms. The molecule has 0 saturated heterocycles. The van der Waals surface area contributed by atoms with Gasteiger partial charge in [-0.1, -0.05) is 41.5 Å². The van der Waals surface area contributed by atoms with Gasteiger partial charge >= 0.3 is 0 Å². The van der Waals surface area contributed by atoms with Crippen LogP contribution in [0.2, 0.25) is 0 Å². The minimum Gasteiger partial charge on any atom is -0.358 e. The van der Waals surface area contributed by atoms with E-state index in [0.29, 0.717) is 6.42 Å². The Hall–Kier alpha value is -2.55. The fourth-order valence-electron chi connectivity index (χ4n) is 3.94. The third-order valence-electron chi connectivity index (χ3n) is 5.51. The van der Waals surface area contributed by atoms with E-state index >= 15 is 0 Å². The van der Waals surface area contributed by atoms with E-state index in [1.165, 1.54) is 38.9 Å². The molecule has 1 aliphatic rings. The summed E-state index contributed by atoms with van der Waals surface area (Å²) >= 11 is 0. The van der Waals surface area contributed by atoms with Crippen LogP contribution in [0.3, 0.4) is 0 Å². The number of carbonyl (C=O) groups is 1. The number of H-pyrrole nitrogens is 1. The molecule has 1 aliphatic heterocycles. The predicted molar refractivity (Wildman–Crippen MR) is 107 cm³/mol. The van der Waals surface area contributed by atoms with Crippen molar-refractivity contribution in [3.05, 3.63) is 70.4 Å². The van der Waals surface area contributed by atoms with Crippen molar-refractivity contribution < 1.29 is 4.79 Å². The number of nitrogens with one attached hydrogen (secondary N) is 1. The van der Waals surface area contributed by atoms with E-state index in [9.17, 15) is 4.79 Å². The molecular formula is C23H26N2O. The van der Waals surface area contributed by atoms with E-state index in [0.717, 1.165) is 32.4 Å². The van der Waals surface area contributed by atoms with Crippen LogP contribution in [0.25, 0.3) is 10.9 Å². The Morgan fingerprint density at radius 1 is 1.00 bits per heavy atom. The van der Waals surface area contributed by atoms with Crippen molar-refractivity contribution in [3.63, 3.8) is 0 Å². The zero-order valence-electron chi connectivity index (χ0n) is 15.6. The number of benzene rings is 2. The number of rotatable bonds is 3. The maximum atomic E-state index is 12.7. The molecule has 0 fully saturated rings. The van der Waals surface area contributed by atoms with Crippen molar-refractivity contribution in [1.29, 1.82) is 0 Å². The summed E-state index contributed by atoms with van der Waals surface area (Å²) < 4.78 is 0. The molecule has 0 bridgehead atoms. The molecule has 0 atom stereocenters. The Morgan fingerprint density at radius 2 is 1.73 bits per heavy atom. The van der Waals surface area contributed by atoms with E-state index in [4.69, 9.17) is 0 Å². The van der Waals surface area contributed by atoms with Crippen LogP contribution in [0.15, 0.2) is 42.5 Å². The van der Waals surface area contributed by atoms with Gasteiger partial charge in [0.15, 0.2) is 0 Å². The van der Waals surface area contributed by atoms with Crippen molar-refractivity contribution in [3.8, 4) is 0 Å². The second kappa shape index (κ2) is 6.99. The zero-order chi connectivity index (χ0) is 18.1. The smallest absolute Gasteiger partial charge is 0.222 e. The lowest BCUT2D eigenvalue weighted by molar-refractivity contribution is -0.131. The molecular weight excluding hydrogens is 320 g/mol. The fraction of sp³-hybridized carbons (Fsp3) is 0.348. The Balaban J connectivity index is 1.42. The summed E-state index contributed by atoms with van der Waals surface area (Å²) in [5, 5.41) is 1.33. The topological polar surface area (TPSA) is 36.1 Å². The highest BCUT2D eigenvalue weighted by Crippen LogP contribution is 2.27. The number of nitrogens with zero attached hydrogens (tertiary/aromatic N) is 1. The highest BCUT2D eigenvalue weighted by atomic mass is 16.2. The number of amides is 1. The molecule has 0 saturated carbocycles. The third kappa shape index (κ3) is 3.39. The number of hydrogen-bond donors (Lipinski definition) is 1. The summed E-state index contributed by atoms with van der Waals surface area (Å²) in [5.41, 5.74) is 7.72. The van der Waals surface area contributed by atoms with Gasteiger partial charge < -0.3 is 9.88 Å². The first kappa shape index (κ1) is 16.9. The fourth-order valence-corrected chi connectivity index (χ4v) is 3.94. The lowest BCUT2D eigenvalue weighted by Crippen LogP contribution is -2.33. The molecule has 1 N–H and O–H groups in total. The van der Waals surface area contributed by atoms with Crippen LogP contribution in [0.4, 0.5) is 0 Å². The van der Waals surface area contributed by atoms with Crippen LogP contribution in [-0.2, 0) is 24.1 Å².